The number of halogens is 2. The Labute approximate surface area is 144 Å². The van der Waals surface area contributed by atoms with Crippen LogP contribution in [0.15, 0.2) is 47.1 Å². The zero-order chi connectivity index (χ0) is 16.7. The van der Waals surface area contributed by atoms with Crippen molar-refractivity contribution >= 4 is 35.2 Å². The smallest absolute Gasteiger partial charge is 0.247 e. The summed E-state index contributed by atoms with van der Waals surface area (Å²) in [4.78, 5) is 13.9. The van der Waals surface area contributed by atoms with Gasteiger partial charge in [0.1, 0.15) is 5.76 Å². The van der Waals surface area contributed by atoms with Gasteiger partial charge < -0.3 is 9.32 Å². The highest BCUT2D eigenvalue weighted by atomic mass is 35.5. The molecule has 1 aromatic heterocycles. The Morgan fingerprint density at radius 1 is 1.35 bits per heavy atom. The molecule has 1 amide bonds. The second-order valence-electron chi connectivity index (χ2n) is 4.75. The summed E-state index contributed by atoms with van der Waals surface area (Å²) in [5.74, 6) is 0.429. The first-order chi connectivity index (χ1) is 11.1. The van der Waals surface area contributed by atoms with Crippen molar-refractivity contribution in [3.63, 3.8) is 0 Å². The summed E-state index contributed by atoms with van der Waals surface area (Å²) in [6, 6.07) is 10.6. The Bertz CT molecular complexity index is 734. The molecular weight excluding hydrogens is 335 g/mol. The standard InChI is InChI=1S/C17H14Cl2N2O2/c18-14-5-6-16(19)13(11-14)4-7-17(22)21(9-2-8-20)12-15-3-1-10-23-15/h1,3-7,10-11H,2,9,12H2/b7-4+. The van der Waals surface area contributed by atoms with Crippen molar-refractivity contribution in [3.8, 4) is 6.07 Å². The van der Waals surface area contributed by atoms with E-state index in [2.05, 4.69) is 0 Å². The summed E-state index contributed by atoms with van der Waals surface area (Å²) in [6.07, 6.45) is 4.82. The lowest BCUT2D eigenvalue weighted by atomic mass is 10.2. The Morgan fingerprint density at radius 3 is 2.87 bits per heavy atom. The van der Waals surface area contributed by atoms with E-state index >= 15 is 0 Å². The van der Waals surface area contributed by atoms with Gasteiger partial charge in [-0.3, -0.25) is 4.79 Å². The van der Waals surface area contributed by atoms with Crippen LogP contribution in [0.5, 0.6) is 0 Å². The first-order valence-corrected chi connectivity index (χ1v) is 7.67. The first-order valence-electron chi connectivity index (χ1n) is 6.91. The normalized spacial score (nSPS) is 10.7. The number of carbonyl (C=O) groups is 1. The predicted octanol–water partition coefficient (Wildman–Crippen LogP) is 4.54. The first kappa shape index (κ1) is 17.1. The number of amides is 1. The van der Waals surface area contributed by atoms with Crippen LogP contribution in [0.3, 0.4) is 0 Å². The zero-order valence-corrected chi connectivity index (χ0v) is 13.7. The summed E-state index contributed by atoms with van der Waals surface area (Å²) in [6.45, 7) is 0.630. The zero-order valence-electron chi connectivity index (χ0n) is 12.2. The molecule has 118 valence electrons. The number of hydrogen-bond donors (Lipinski definition) is 0. The lowest BCUT2D eigenvalue weighted by Crippen LogP contribution is -2.29. The molecule has 0 aliphatic carbocycles. The molecule has 0 bridgehead atoms. The molecule has 23 heavy (non-hydrogen) atoms. The van der Waals surface area contributed by atoms with Crippen LogP contribution in [-0.2, 0) is 11.3 Å². The van der Waals surface area contributed by atoms with E-state index in [1.54, 1.807) is 42.7 Å². The van der Waals surface area contributed by atoms with E-state index in [1.165, 1.54) is 11.0 Å². The molecule has 0 spiro atoms. The van der Waals surface area contributed by atoms with Crippen LogP contribution in [0.4, 0.5) is 0 Å². The van der Waals surface area contributed by atoms with Gasteiger partial charge in [-0.2, -0.15) is 5.26 Å². The highest BCUT2D eigenvalue weighted by Gasteiger charge is 2.12. The largest absolute Gasteiger partial charge is 0.467 e. The van der Waals surface area contributed by atoms with E-state index in [9.17, 15) is 4.79 Å². The molecule has 0 radical (unpaired) electrons. The minimum atomic E-state index is -0.229. The highest BCUT2D eigenvalue weighted by Crippen LogP contribution is 2.22. The molecule has 0 atom stereocenters. The van der Waals surface area contributed by atoms with Gasteiger partial charge in [-0.05, 0) is 42.0 Å². The van der Waals surface area contributed by atoms with Gasteiger partial charge in [0.25, 0.3) is 0 Å². The predicted molar refractivity (Wildman–Crippen MR) is 89.9 cm³/mol. The molecule has 0 N–H and O–H groups in total. The average molecular weight is 349 g/mol. The molecule has 2 aromatic rings. The summed E-state index contributed by atoms with van der Waals surface area (Å²) < 4.78 is 5.25. The number of rotatable bonds is 6. The van der Waals surface area contributed by atoms with E-state index < -0.39 is 0 Å². The van der Waals surface area contributed by atoms with E-state index in [4.69, 9.17) is 32.9 Å². The lowest BCUT2D eigenvalue weighted by molar-refractivity contribution is -0.126. The monoisotopic (exact) mass is 348 g/mol. The quantitative estimate of drug-likeness (QED) is 0.720. The topological polar surface area (TPSA) is 57.2 Å². The maximum absolute atomic E-state index is 12.4. The summed E-state index contributed by atoms with van der Waals surface area (Å²) in [5, 5.41) is 9.78. The molecule has 0 unspecified atom stereocenters. The number of hydrogen-bond acceptors (Lipinski definition) is 3. The minimum Gasteiger partial charge on any atom is -0.467 e. The summed E-state index contributed by atoms with van der Waals surface area (Å²) >= 11 is 12.0. The van der Waals surface area contributed by atoms with Gasteiger partial charge in [0.2, 0.25) is 5.91 Å². The van der Waals surface area contributed by atoms with Crippen LogP contribution < -0.4 is 0 Å². The fourth-order valence-electron chi connectivity index (χ4n) is 1.95. The van der Waals surface area contributed by atoms with Gasteiger partial charge in [-0.1, -0.05) is 23.2 Å². The van der Waals surface area contributed by atoms with Crippen molar-refractivity contribution in [1.82, 2.24) is 4.90 Å². The Hall–Kier alpha value is -2.22. The fourth-order valence-corrected chi connectivity index (χ4v) is 2.31. The van der Waals surface area contributed by atoms with Crippen LogP contribution in [0.25, 0.3) is 6.08 Å². The Balaban J connectivity index is 2.11. The van der Waals surface area contributed by atoms with Crippen molar-refractivity contribution in [1.29, 1.82) is 5.26 Å². The van der Waals surface area contributed by atoms with Gasteiger partial charge in [-0.25, -0.2) is 0 Å². The van der Waals surface area contributed by atoms with E-state index in [1.807, 2.05) is 6.07 Å². The molecule has 0 fully saturated rings. The second kappa shape index (κ2) is 8.42. The number of nitrogens with zero attached hydrogens (tertiary/aromatic N) is 2. The SMILES string of the molecule is N#CCCN(Cc1ccco1)C(=O)/C=C/c1cc(Cl)ccc1Cl. The molecule has 0 aliphatic rings. The molecule has 2 rings (SSSR count). The summed E-state index contributed by atoms with van der Waals surface area (Å²) in [5.41, 5.74) is 0.658. The van der Waals surface area contributed by atoms with Crippen molar-refractivity contribution in [2.45, 2.75) is 13.0 Å². The van der Waals surface area contributed by atoms with Crippen molar-refractivity contribution < 1.29 is 9.21 Å². The third-order valence-electron chi connectivity index (χ3n) is 3.10. The molecule has 0 saturated heterocycles. The number of benzene rings is 1. The second-order valence-corrected chi connectivity index (χ2v) is 5.59. The number of nitriles is 1. The van der Waals surface area contributed by atoms with E-state index in [-0.39, 0.29) is 12.3 Å². The maximum Gasteiger partial charge on any atom is 0.247 e. The third kappa shape index (κ3) is 5.17. The lowest BCUT2D eigenvalue weighted by Gasteiger charge is -2.18. The number of furan rings is 1. The van der Waals surface area contributed by atoms with Crippen molar-refractivity contribution in [2.75, 3.05) is 6.54 Å². The van der Waals surface area contributed by atoms with Gasteiger partial charge in [0.15, 0.2) is 0 Å². The number of carbonyl (C=O) groups excluding carboxylic acids is 1. The molecule has 1 heterocycles. The Kier molecular flexibility index (Phi) is 6.28. The molecule has 0 saturated carbocycles. The molecule has 6 heteroatoms. The average Bonchev–Trinajstić information content (AvgIpc) is 3.05. The molecule has 0 aliphatic heterocycles. The molecular formula is C17H14Cl2N2O2. The van der Waals surface area contributed by atoms with Gasteiger partial charge in [0.05, 0.1) is 25.3 Å². The van der Waals surface area contributed by atoms with E-state index in [0.717, 1.165) is 0 Å². The third-order valence-corrected chi connectivity index (χ3v) is 3.67. The Morgan fingerprint density at radius 2 is 2.17 bits per heavy atom. The maximum atomic E-state index is 12.4. The van der Waals surface area contributed by atoms with Crippen LogP contribution >= 0.6 is 23.2 Å². The van der Waals surface area contributed by atoms with Crippen molar-refractivity contribution in [3.05, 3.63) is 64.0 Å². The van der Waals surface area contributed by atoms with E-state index in [0.29, 0.717) is 34.5 Å². The molecule has 4 nitrogen and oxygen atoms in total. The molecule has 1 aromatic carbocycles. The fraction of sp³-hybridized carbons (Fsp3) is 0.176. The van der Waals surface area contributed by atoms with Gasteiger partial charge in [0, 0.05) is 22.7 Å². The van der Waals surface area contributed by atoms with Crippen molar-refractivity contribution in [2.24, 2.45) is 0 Å². The van der Waals surface area contributed by atoms with Crippen LogP contribution in [-0.4, -0.2) is 17.4 Å². The van der Waals surface area contributed by atoms with Gasteiger partial charge in [-0.15, -0.1) is 0 Å². The van der Waals surface area contributed by atoms with Crippen LogP contribution in [0.2, 0.25) is 10.0 Å². The van der Waals surface area contributed by atoms with Crippen LogP contribution in [0, 0.1) is 11.3 Å². The van der Waals surface area contributed by atoms with Crippen LogP contribution in [0.1, 0.15) is 17.7 Å². The summed E-state index contributed by atoms with van der Waals surface area (Å²) in [7, 11) is 0. The minimum absolute atomic E-state index is 0.229. The highest BCUT2D eigenvalue weighted by molar-refractivity contribution is 6.34. The van der Waals surface area contributed by atoms with Gasteiger partial charge >= 0.3 is 0 Å².